The van der Waals surface area contributed by atoms with Crippen LogP contribution in [0, 0.1) is 11.8 Å². The second kappa shape index (κ2) is 6.04. The van der Waals surface area contributed by atoms with E-state index >= 15 is 0 Å². The number of hydrogen-bond donors (Lipinski definition) is 1. The van der Waals surface area contributed by atoms with Crippen molar-refractivity contribution in [2.24, 2.45) is 11.8 Å². The monoisotopic (exact) mass is 172 g/mol. The highest BCUT2D eigenvalue weighted by Crippen LogP contribution is 2.17. The van der Waals surface area contributed by atoms with Gasteiger partial charge in [-0.05, 0) is 18.8 Å². The third-order valence-corrected chi connectivity index (χ3v) is 2.08. The van der Waals surface area contributed by atoms with Crippen LogP contribution < -0.4 is 0 Å². The van der Waals surface area contributed by atoms with Gasteiger partial charge in [-0.1, -0.05) is 33.6 Å². The lowest BCUT2D eigenvalue weighted by Crippen LogP contribution is -2.14. The summed E-state index contributed by atoms with van der Waals surface area (Å²) in [6.45, 7) is 6.29. The fraction of sp³-hybridized carbons (Fsp3) is 0.900. The smallest absolute Gasteiger partial charge is 0.306 e. The summed E-state index contributed by atoms with van der Waals surface area (Å²) in [5.41, 5.74) is 0. The van der Waals surface area contributed by atoms with E-state index in [9.17, 15) is 4.79 Å². The molecular formula is C10H20O2. The van der Waals surface area contributed by atoms with Crippen molar-refractivity contribution in [3.8, 4) is 0 Å². The zero-order valence-electron chi connectivity index (χ0n) is 8.34. The molecule has 0 aliphatic carbocycles. The molecule has 0 saturated heterocycles. The molecule has 0 amide bonds. The zero-order chi connectivity index (χ0) is 9.56. The lowest BCUT2D eigenvalue weighted by Gasteiger charge is -2.11. The minimum Gasteiger partial charge on any atom is -0.481 e. The average Bonchev–Trinajstić information content (AvgIpc) is 1.96. The van der Waals surface area contributed by atoms with Crippen LogP contribution in [0.5, 0.6) is 0 Å². The van der Waals surface area contributed by atoms with Gasteiger partial charge in [0.2, 0.25) is 0 Å². The molecule has 1 unspecified atom stereocenters. The third kappa shape index (κ3) is 5.16. The molecule has 2 nitrogen and oxygen atoms in total. The van der Waals surface area contributed by atoms with Crippen LogP contribution in [-0.2, 0) is 4.79 Å². The van der Waals surface area contributed by atoms with Crippen LogP contribution in [0.3, 0.4) is 0 Å². The quantitative estimate of drug-likeness (QED) is 0.668. The van der Waals surface area contributed by atoms with E-state index in [1.54, 1.807) is 0 Å². The standard InChI is InChI=1S/C10H20O2/c1-4-5-9(10(11)12)7-6-8(2)3/h8-9H,4-7H2,1-3H3,(H,11,12). The van der Waals surface area contributed by atoms with Gasteiger partial charge in [0.05, 0.1) is 5.92 Å². The molecule has 0 spiro atoms. The van der Waals surface area contributed by atoms with E-state index in [4.69, 9.17) is 5.11 Å². The maximum absolute atomic E-state index is 10.7. The van der Waals surface area contributed by atoms with E-state index in [-0.39, 0.29) is 5.92 Å². The first-order valence-corrected chi connectivity index (χ1v) is 4.80. The highest BCUT2D eigenvalue weighted by molar-refractivity contribution is 5.69. The van der Waals surface area contributed by atoms with E-state index < -0.39 is 5.97 Å². The van der Waals surface area contributed by atoms with Crippen LogP contribution >= 0.6 is 0 Å². The molecule has 0 aromatic carbocycles. The van der Waals surface area contributed by atoms with Crippen molar-refractivity contribution >= 4 is 5.97 Å². The summed E-state index contributed by atoms with van der Waals surface area (Å²) in [4.78, 5) is 10.7. The average molecular weight is 172 g/mol. The molecule has 2 heteroatoms. The van der Waals surface area contributed by atoms with E-state index in [0.717, 1.165) is 25.7 Å². The molecule has 0 fully saturated rings. The van der Waals surface area contributed by atoms with Gasteiger partial charge in [-0.15, -0.1) is 0 Å². The molecule has 0 radical (unpaired) electrons. The molecular weight excluding hydrogens is 152 g/mol. The summed E-state index contributed by atoms with van der Waals surface area (Å²) in [7, 11) is 0. The van der Waals surface area contributed by atoms with Crippen molar-refractivity contribution in [3.05, 3.63) is 0 Å². The molecule has 72 valence electrons. The van der Waals surface area contributed by atoms with Crippen molar-refractivity contribution in [2.45, 2.75) is 46.5 Å². The van der Waals surface area contributed by atoms with E-state index in [0.29, 0.717) is 5.92 Å². The van der Waals surface area contributed by atoms with E-state index in [1.165, 1.54) is 0 Å². The van der Waals surface area contributed by atoms with E-state index in [2.05, 4.69) is 13.8 Å². The van der Waals surface area contributed by atoms with Gasteiger partial charge in [0.1, 0.15) is 0 Å². The zero-order valence-corrected chi connectivity index (χ0v) is 8.34. The molecule has 0 aromatic rings. The van der Waals surface area contributed by atoms with Crippen molar-refractivity contribution in [3.63, 3.8) is 0 Å². The Hall–Kier alpha value is -0.530. The summed E-state index contributed by atoms with van der Waals surface area (Å²) >= 11 is 0. The Bertz CT molecular complexity index is 130. The van der Waals surface area contributed by atoms with Crippen LogP contribution in [0.25, 0.3) is 0 Å². The summed E-state index contributed by atoms with van der Waals surface area (Å²) in [6.07, 6.45) is 3.65. The van der Waals surface area contributed by atoms with Crippen LogP contribution in [0.2, 0.25) is 0 Å². The highest BCUT2D eigenvalue weighted by Gasteiger charge is 2.15. The van der Waals surface area contributed by atoms with Crippen molar-refractivity contribution in [1.29, 1.82) is 0 Å². The topological polar surface area (TPSA) is 37.3 Å². The third-order valence-electron chi connectivity index (χ3n) is 2.08. The highest BCUT2D eigenvalue weighted by atomic mass is 16.4. The Morgan fingerprint density at radius 3 is 2.17 bits per heavy atom. The molecule has 0 aliphatic heterocycles. The van der Waals surface area contributed by atoms with Gasteiger partial charge in [0, 0.05) is 0 Å². The molecule has 1 N–H and O–H groups in total. The molecule has 0 aromatic heterocycles. The minimum atomic E-state index is -0.627. The van der Waals surface area contributed by atoms with Gasteiger partial charge in [-0.2, -0.15) is 0 Å². The first-order chi connectivity index (χ1) is 5.57. The largest absolute Gasteiger partial charge is 0.481 e. The van der Waals surface area contributed by atoms with Crippen molar-refractivity contribution < 1.29 is 9.90 Å². The lowest BCUT2D eigenvalue weighted by molar-refractivity contribution is -0.142. The van der Waals surface area contributed by atoms with E-state index in [1.807, 2.05) is 6.92 Å². The number of carboxylic acids is 1. The number of carboxylic acid groups (broad SMARTS) is 1. The summed E-state index contributed by atoms with van der Waals surface area (Å²) in [6, 6.07) is 0. The maximum Gasteiger partial charge on any atom is 0.306 e. The summed E-state index contributed by atoms with van der Waals surface area (Å²) < 4.78 is 0. The van der Waals surface area contributed by atoms with Crippen molar-refractivity contribution in [2.75, 3.05) is 0 Å². The Morgan fingerprint density at radius 2 is 1.83 bits per heavy atom. The van der Waals surface area contributed by atoms with Gasteiger partial charge in [0.15, 0.2) is 0 Å². The Morgan fingerprint density at radius 1 is 1.25 bits per heavy atom. The summed E-state index contributed by atoms with van der Waals surface area (Å²) in [5.74, 6) is -0.126. The van der Waals surface area contributed by atoms with Crippen LogP contribution in [0.15, 0.2) is 0 Å². The first-order valence-electron chi connectivity index (χ1n) is 4.80. The maximum atomic E-state index is 10.7. The predicted molar refractivity (Wildman–Crippen MR) is 50.1 cm³/mol. The van der Waals surface area contributed by atoms with Gasteiger partial charge < -0.3 is 5.11 Å². The number of carbonyl (C=O) groups is 1. The fourth-order valence-corrected chi connectivity index (χ4v) is 1.27. The second-order valence-corrected chi connectivity index (χ2v) is 3.80. The van der Waals surface area contributed by atoms with Crippen LogP contribution in [-0.4, -0.2) is 11.1 Å². The molecule has 1 atom stereocenters. The fourth-order valence-electron chi connectivity index (χ4n) is 1.27. The van der Waals surface area contributed by atoms with Gasteiger partial charge >= 0.3 is 5.97 Å². The molecule has 0 heterocycles. The molecule has 0 saturated carbocycles. The molecule has 0 aliphatic rings. The number of hydrogen-bond acceptors (Lipinski definition) is 1. The minimum absolute atomic E-state index is 0.114. The Labute approximate surface area is 75.0 Å². The van der Waals surface area contributed by atoms with Gasteiger partial charge in [0.25, 0.3) is 0 Å². The van der Waals surface area contributed by atoms with Crippen LogP contribution in [0.4, 0.5) is 0 Å². The van der Waals surface area contributed by atoms with Crippen molar-refractivity contribution in [1.82, 2.24) is 0 Å². The Balaban J connectivity index is 3.71. The van der Waals surface area contributed by atoms with Gasteiger partial charge in [-0.3, -0.25) is 4.79 Å². The lowest BCUT2D eigenvalue weighted by atomic mass is 9.94. The normalized spacial score (nSPS) is 13.3. The predicted octanol–water partition coefficient (Wildman–Crippen LogP) is 2.92. The molecule has 0 rings (SSSR count). The Kier molecular flexibility index (Phi) is 5.77. The molecule has 12 heavy (non-hydrogen) atoms. The number of rotatable bonds is 6. The first kappa shape index (κ1) is 11.5. The number of aliphatic carboxylic acids is 1. The second-order valence-electron chi connectivity index (χ2n) is 3.80. The van der Waals surface area contributed by atoms with Gasteiger partial charge in [-0.25, -0.2) is 0 Å². The SMILES string of the molecule is CCCC(CCC(C)C)C(=O)O. The van der Waals surface area contributed by atoms with Crippen LogP contribution in [0.1, 0.15) is 46.5 Å². The summed E-state index contributed by atoms with van der Waals surface area (Å²) in [5, 5.41) is 8.82. The molecule has 0 bridgehead atoms.